The normalized spacial score (nSPS) is 11.0. The molecule has 0 unspecified atom stereocenters. The van der Waals surface area contributed by atoms with Crippen molar-refractivity contribution in [2.75, 3.05) is 0 Å². The summed E-state index contributed by atoms with van der Waals surface area (Å²) >= 11 is 0. The lowest BCUT2D eigenvalue weighted by molar-refractivity contribution is -0.683. The van der Waals surface area contributed by atoms with Gasteiger partial charge in [-0.05, 0) is 12.8 Å². The minimum Gasteiger partial charge on any atom is -0.481 e. The van der Waals surface area contributed by atoms with Gasteiger partial charge in [-0.15, -0.1) is 0 Å². The quantitative estimate of drug-likeness (QED) is 0.456. The molecular weight excluding hydrogens is 264 g/mol. The second-order valence-electron chi connectivity index (χ2n) is 6.00. The van der Waals surface area contributed by atoms with Gasteiger partial charge in [0.25, 0.3) is 5.82 Å². The van der Waals surface area contributed by atoms with E-state index in [0.717, 1.165) is 19.3 Å². The highest BCUT2D eigenvalue weighted by Gasteiger charge is 2.08. The number of rotatable bonds is 12. The summed E-state index contributed by atoms with van der Waals surface area (Å²) in [6.45, 7) is 2.10. The molecule has 0 aliphatic heterocycles. The maximum Gasteiger partial charge on any atom is 0.303 e. The lowest BCUT2D eigenvalue weighted by Crippen LogP contribution is -2.33. The van der Waals surface area contributed by atoms with Gasteiger partial charge < -0.3 is 5.11 Å². The Labute approximate surface area is 128 Å². The summed E-state index contributed by atoms with van der Waals surface area (Å²) < 4.78 is 2.23. The summed E-state index contributed by atoms with van der Waals surface area (Å²) in [4.78, 5) is 13.6. The van der Waals surface area contributed by atoms with E-state index in [2.05, 4.69) is 29.7 Å². The van der Waals surface area contributed by atoms with Crippen LogP contribution in [-0.4, -0.2) is 16.1 Å². The maximum absolute atomic E-state index is 10.4. The number of imidazole rings is 1. The molecule has 0 atom stereocenters. The van der Waals surface area contributed by atoms with Gasteiger partial charge in [-0.3, -0.25) is 4.79 Å². The van der Waals surface area contributed by atoms with E-state index < -0.39 is 5.97 Å². The smallest absolute Gasteiger partial charge is 0.303 e. The first-order chi connectivity index (χ1) is 10.1. The molecule has 0 amide bonds. The van der Waals surface area contributed by atoms with Crippen LogP contribution < -0.4 is 4.57 Å². The average Bonchev–Trinajstić information content (AvgIpc) is 2.76. The van der Waals surface area contributed by atoms with Crippen molar-refractivity contribution < 1.29 is 14.5 Å². The van der Waals surface area contributed by atoms with Gasteiger partial charge in [0.1, 0.15) is 11.9 Å². The molecule has 0 aliphatic rings. The highest BCUT2D eigenvalue weighted by molar-refractivity contribution is 5.66. The minimum atomic E-state index is -0.666. The molecule has 1 heterocycles. The molecule has 0 fully saturated rings. The summed E-state index contributed by atoms with van der Waals surface area (Å²) in [5.41, 5.74) is 1.39. The number of carboxylic acid groups (broad SMARTS) is 1. The van der Waals surface area contributed by atoms with Crippen molar-refractivity contribution in [2.24, 2.45) is 7.05 Å². The summed E-state index contributed by atoms with van der Waals surface area (Å²) in [6.07, 6.45) is 14.5. The number of aromatic nitrogens is 2. The molecule has 2 N–H and O–H groups in total. The van der Waals surface area contributed by atoms with Gasteiger partial charge in [0, 0.05) is 19.8 Å². The molecule has 1 aromatic heterocycles. The van der Waals surface area contributed by atoms with Crippen molar-refractivity contribution in [3.8, 4) is 0 Å². The first kappa shape index (κ1) is 17.7. The van der Waals surface area contributed by atoms with Crippen LogP contribution in [0.1, 0.15) is 75.7 Å². The van der Waals surface area contributed by atoms with Crippen LogP contribution in [0.2, 0.25) is 0 Å². The molecular formula is C17H31N2O2+. The van der Waals surface area contributed by atoms with E-state index in [0.29, 0.717) is 6.42 Å². The fraction of sp³-hybridized carbons (Fsp3) is 0.765. The maximum atomic E-state index is 10.4. The first-order valence-electron chi connectivity index (χ1n) is 8.36. The number of hydrogen-bond acceptors (Lipinski definition) is 1. The minimum absolute atomic E-state index is 0.329. The van der Waals surface area contributed by atoms with Crippen LogP contribution in [0, 0.1) is 6.92 Å². The second-order valence-corrected chi connectivity index (χ2v) is 6.00. The Kier molecular flexibility index (Phi) is 8.79. The Hall–Kier alpha value is -1.32. The van der Waals surface area contributed by atoms with Crippen molar-refractivity contribution in [3.63, 3.8) is 0 Å². The summed E-state index contributed by atoms with van der Waals surface area (Å²) in [5.74, 6) is 0.550. The van der Waals surface area contributed by atoms with E-state index in [-0.39, 0.29) is 0 Å². The predicted molar refractivity (Wildman–Crippen MR) is 84.2 cm³/mol. The number of nitrogens with zero attached hydrogens (tertiary/aromatic N) is 1. The zero-order valence-corrected chi connectivity index (χ0v) is 13.7. The molecule has 1 aromatic rings. The van der Waals surface area contributed by atoms with Gasteiger partial charge in [-0.1, -0.05) is 44.9 Å². The van der Waals surface area contributed by atoms with Crippen LogP contribution >= 0.6 is 0 Å². The third kappa shape index (κ3) is 7.88. The molecule has 0 aliphatic carbocycles. The van der Waals surface area contributed by atoms with Gasteiger partial charge in [-0.2, -0.15) is 0 Å². The van der Waals surface area contributed by atoms with E-state index in [1.54, 1.807) is 0 Å². The summed E-state index contributed by atoms with van der Waals surface area (Å²) in [6, 6.07) is 0. The summed E-state index contributed by atoms with van der Waals surface area (Å²) in [5, 5.41) is 8.53. The highest BCUT2D eigenvalue weighted by atomic mass is 16.4. The number of carboxylic acids is 1. The molecule has 0 radical (unpaired) electrons. The third-order valence-corrected chi connectivity index (χ3v) is 4.21. The van der Waals surface area contributed by atoms with Crippen LogP contribution in [0.15, 0.2) is 6.20 Å². The number of aliphatic carboxylic acids is 1. The molecule has 0 bridgehead atoms. The molecule has 0 aromatic carbocycles. The third-order valence-electron chi connectivity index (χ3n) is 4.21. The van der Waals surface area contributed by atoms with Crippen molar-refractivity contribution in [2.45, 2.75) is 77.6 Å². The fourth-order valence-corrected chi connectivity index (χ4v) is 2.66. The Morgan fingerprint density at radius 2 is 1.57 bits per heavy atom. The number of aromatic amines is 1. The molecule has 4 heteroatoms. The molecule has 4 nitrogen and oxygen atoms in total. The number of H-pyrrole nitrogens is 1. The van der Waals surface area contributed by atoms with Crippen LogP contribution in [-0.2, 0) is 18.3 Å². The number of aryl methyl sites for hydroxylation is 2. The van der Waals surface area contributed by atoms with Crippen LogP contribution in [0.4, 0.5) is 0 Å². The van der Waals surface area contributed by atoms with Crippen LogP contribution in [0.5, 0.6) is 0 Å². The topological polar surface area (TPSA) is 57.0 Å². The monoisotopic (exact) mass is 295 g/mol. The first-order valence-corrected chi connectivity index (χ1v) is 8.36. The average molecular weight is 295 g/mol. The number of nitrogens with one attached hydrogen (secondary N) is 1. The Bertz CT molecular complexity index is 413. The Balaban J connectivity index is 1.87. The van der Waals surface area contributed by atoms with Crippen molar-refractivity contribution >= 4 is 5.97 Å². The molecule has 0 saturated heterocycles. The lowest BCUT2D eigenvalue weighted by Gasteiger charge is -2.02. The molecule has 1 rings (SSSR count). The van der Waals surface area contributed by atoms with E-state index in [1.807, 2.05) is 0 Å². The van der Waals surface area contributed by atoms with Crippen LogP contribution in [0.3, 0.4) is 0 Å². The second kappa shape index (κ2) is 10.4. The predicted octanol–water partition coefficient (Wildman–Crippen LogP) is 3.68. The Morgan fingerprint density at radius 1 is 1.05 bits per heavy atom. The van der Waals surface area contributed by atoms with Crippen LogP contribution in [0.25, 0.3) is 0 Å². The fourth-order valence-electron chi connectivity index (χ4n) is 2.66. The number of unbranched alkanes of at least 4 members (excludes halogenated alkanes) is 8. The van der Waals surface area contributed by atoms with Crippen molar-refractivity contribution in [3.05, 3.63) is 17.7 Å². The van der Waals surface area contributed by atoms with E-state index in [1.165, 1.54) is 56.5 Å². The molecule has 120 valence electrons. The Morgan fingerprint density at radius 3 is 2.05 bits per heavy atom. The molecule has 0 saturated carbocycles. The largest absolute Gasteiger partial charge is 0.481 e. The standard InChI is InChI=1S/C17H30N2O2/c1-15-18-14-16(19(15)2)12-10-8-6-4-3-5-7-9-11-13-17(20)21/h14H,3-13H2,1-2H3,(H,20,21)/p+1. The zero-order chi connectivity index (χ0) is 15.5. The van der Waals surface area contributed by atoms with Gasteiger partial charge in [0.05, 0.1) is 7.05 Å². The van der Waals surface area contributed by atoms with Gasteiger partial charge >= 0.3 is 5.97 Å². The molecule has 21 heavy (non-hydrogen) atoms. The van der Waals surface area contributed by atoms with E-state index >= 15 is 0 Å². The van der Waals surface area contributed by atoms with E-state index in [9.17, 15) is 4.79 Å². The van der Waals surface area contributed by atoms with Gasteiger partial charge in [-0.25, -0.2) is 9.55 Å². The zero-order valence-electron chi connectivity index (χ0n) is 13.7. The van der Waals surface area contributed by atoms with Gasteiger partial charge in [0.15, 0.2) is 0 Å². The number of hydrogen-bond donors (Lipinski definition) is 2. The number of carbonyl (C=O) groups is 1. The molecule has 0 spiro atoms. The lowest BCUT2D eigenvalue weighted by atomic mass is 10.1. The summed E-state index contributed by atoms with van der Waals surface area (Å²) in [7, 11) is 2.12. The van der Waals surface area contributed by atoms with E-state index in [4.69, 9.17) is 5.11 Å². The van der Waals surface area contributed by atoms with Crippen molar-refractivity contribution in [1.29, 1.82) is 0 Å². The highest BCUT2D eigenvalue weighted by Crippen LogP contribution is 2.11. The van der Waals surface area contributed by atoms with Crippen molar-refractivity contribution in [1.82, 2.24) is 4.98 Å². The van der Waals surface area contributed by atoms with Gasteiger partial charge in [0.2, 0.25) is 0 Å². The SMILES string of the molecule is Cc1[nH]cc(CCCCCCCCCCCC(=O)O)[n+]1C.